The van der Waals surface area contributed by atoms with Gasteiger partial charge >= 0.3 is 6.03 Å². The molecule has 0 aromatic heterocycles. The molecule has 4 amide bonds. The number of hydrogen-bond acceptors (Lipinski definition) is 3. The smallest absolute Gasteiger partial charge is 0.277 e. The lowest BCUT2D eigenvalue weighted by atomic mass is 9.74. The van der Waals surface area contributed by atoms with Crippen molar-refractivity contribution in [3.8, 4) is 0 Å². The second-order valence-electron chi connectivity index (χ2n) is 4.26. The van der Waals surface area contributed by atoms with E-state index in [0.29, 0.717) is 18.4 Å². The molecule has 0 unspecified atom stereocenters. The van der Waals surface area contributed by atoms with E-state index in [-0.39, 0.29) is 0 Å². The molecule has 5 nitrogen and oxygen atoms in total. The van der Waals surface area contributed by atoms with E-state index in [4.69, 9.17) is 0 Å². The van der Waals surface area contributed by atoms with Crippen molar-refractivity contribution in [3.05, 3.63) is 35.9 Å². The van der Waals surface area contributed by atoms with Gasteiger partial charge in [-0.25, -0.2) is 4.79 Å². The van der Waals surface area contributed by atoms with Gasteiger partial charge in [-0.05, 0) is 12.0 Å². The van der Waals surface area contributed by atoms with Crippen molar-refractivity contribution in [2.45, 2.75) is 25.2 Å². The van der Waals surface area contributed by atoms with Gasteiger partial charge in [0.15, 0.2) is 5.41 Å². The van der Waals surface area contributed by atoms with Gasteiger partial charge in [0.25, 0.3) is 0 Å². The molecule has 2 N–H and O–H groups in total. The van der Waals surface area contributed by atoms with Crippen LogP contribution in [0.5, 0.6) is 0 Å². The number of carbonyl (C=O) groups is 3. The lowest BCUT2D eigenvalue weighted by Crippen LogP contribution is -2.64. The van der Waals surface area contributed by atoms with Crippen molar-refractivity contribution in [1.29, 1.82) is 0 Å². The normalized spacial score (nSPS) is 18.2. The van der Waals surface area contributed by atoms with Crippen LogP contribution in [0, 0.1) is 0 Å². The summed E-state index contributed by atoms with van der Waals surface area (Å²) in [6, 6.07) is 8.04. The van der Waals surface area contributed by atoms with Crippen molar-refractivity contribution in [1.82, 2.24) is 10.6 Å². The molecule has 1 aromatic carbocycles. The summed E-state index contributed by atoms with van der Waals surface area (Å²) >= 11 is 0. The van der Waals surface area contributed by atoms with Gasteiger partial charge in [0.1, 0.15) is 0 Å². The first kappa shape index (κ1) is 12.3. The zero-order valence-corrected chi connectivity index (χ0v) is 10.0. The molecule has 2 rings (SSSR count). The summed E-state index contributed by atoms with van der Waals surface area (Å²) in [5.41, 5.74) is -0.696. The predicted octanol–water partition coefficient (Wildman–Crippen LogP) is 1.09. The minimum absolute atomic E-state index is 0.363. The number of imide groups is 2. The van der Waals surface area contributed by atoms with Crippen LogP contribution in [0.25, 0.3) is 0 Å². The van der Waals surface area contributed by atoms with Crippen LogP contribution < -0.4 is 10.6 Å². The first-order chi connectivity index (χ1) is 8.61. The van der Waals surface area contributed by atoms with E-state index in [2.05, 4.69) is 10.6 Å². The molecule has 1 heterocycles. The molecule has 0 aliphatic carbocycles. The number of barbiturate groups is 1. The van der Waals surface area contributed by atoms with Gasteiger partial charge in [0, 0.05) is 0 Å². The Morgan fingerprint density at radius 3 is 2.06 bits per heavy atom. The fraction of sp³-hybridized carbons (Fsp3) is 0.308. The molecule has 1 aliphatic rings. The van der Waals surface area contributed by atoms with Crippen LogP contribution >= 0.6 is 0 Å². The van der Waals surface area contributed by atoms with Crippen LogP contribution in [-0.2, 0) is 15.0 Å². The highest BCUT2D eigenvalue weighted by Crippen LogP contribution is 2.31. The molecule has 18 heavy (non-hydrogen) atoms. The summed E-state index contributed by atoms with van der Waals surface area (Å²) < 4.78 is 0. The molecule has 0 spiro atoms. The lowest BCUT2D eigenvalue weighted by Gasteiger charge is -2.34. The maximum absolute atomic E-state index is 12.1. The fourth-order valence-corrected chi connectivity index (χ4v) is 2.29. The Balaban J connectivity index is 2.53. The van der Waals surface area contributed by atoms with E-state index < -0.39 is 23.3 Å². The summed E-state index contributed by atoms with van der Waals surface area (Å²) in [5.74, 6) is -1.10. The number of carbonyl (C=O) groups excluding carboxylic acids is 3. The highest BCUT2D eigenvalue weighted by Gasteiger charge is 2.50. The van der Waals surface area contributed by atoms with Crippen LogP contribution in [0.4, 0.5) is 4.79 Å². The number of amides is 4. The van der Waals surface area contributed by atoms with Gasteiger partial charge in [-0.2, -0.15) is 0 Å². The second-order valence-corrected chi connectivity index (χ2v) is 4.26. The van der Waals surface area contributed by atoms with Crippen LogP contribution in [0.15, 0.2) is 30.3 Å². The number of urea groups is 1. The third kappa shape index (κ3) is 1.77. The third-order valence-corrected chi connectivity index (χ3v) is 3.12. The summed E-state index contributed by atoms with van der Waals surface area (Å²) in [7, 11) is 0. The third-order valence-electron chi connectivity index (χ3n) is 3.12. The Morgan fingerprint density at radius 1 is 1.00 bits per heavy atom. The molecule has 1 aliphatic heterocycles. The van der Waals surface area contributed by atoms with Gasteiger partial charge in [0.2, 0.25) is 11.8 Å². The van der Waals surface area contributed by atoms with Crippen molar-refractivity contribution in [3.63, 3.8) is 0 Å². The first-order valence-corrected chi connectivity index (χ1v) is 5.83. The van der Waals surface area contributed by atoms with Crippen LogP contribution in [0.2, 0.25) is 0 Å². The topological polar surface area (TPSA) is 75.3 Å². The molecule has 1 aromatic rings. The summed E-state index contributed by atoms with van der Waals surface area (Å²) in [4.78, 5) is 35.4. The van der Waals surface area contributed by atoms with Crippen molar-refractivity contribution in [2.24, 2.45) is 0 Å². The van der Waals surface area contributed by atoms with E-state index in [9.17, 15) is 14.4 Å². The molecule has 0 radical (unpaired) electrons. The largest absolute Gasteiger partial charge is 0.328 e. The zero-order chi connectivity index (χ0) is 13.2. The molecule has 0 saturated carbocycles. The Labute approximate surface area is 105 Å². The van der Waals surface area contributed by atoms with Crippen LogP contribution in [0.3, 0.4) is 0 Å². The van der Waals surface area contributed by atoms with E-state index >= 15 is 0 Å². The van der Waals surface area contributed by atoms with Crippen molar-refractivity contribution in [2.75, 3.05) is 0 Å². The average Bonchev–Trinajstić information content (AvgIpc) is 2.35. The predicted molar refractivity (Wildman–Crippen MR) is 64.7 cm³/mol. The number of rotatable bonds is 3. The minimum atomic E-state index is -1.30. The number of nitrogens with one attached hydrogen (secondary N) is 2. The molecular weight excluding hydrogens is 232 g/mol. The van der Waals surface area contributed by atoms with Crippen LogP contribution in [0.1, 0.15) is 25.3 Å². The molecule has 0 atom stereocenters. The standard InChI is InChI=1S/C13H14N2O3/c1-2-8-13(9-6-4-3-5-7-9)10(16)14-12(18)15-11(13)17/h3-7H,2,8H2,1H3,(H2,14,15,16,17,18). The van der Waals surface area contributed by atoms with Crippen molar-refractivity contribution < 1.29 is 14.4 Å². The summed E-state index contributed by atoms with van der Waals surface area (Å²) in [5, 5.41) is 4.35. The quantitative estimate of drug-likeness (QED) is 0.784. The Kier molecular flexibility index (Phi) is 3.14. The maximum Gasteiger partial charge on any atom is 0.328 e. The molecule has 1 saturated heterocycles. The molecule has 1 fully saturated rings. The molecular formula is C13H14N2O3. The zero-order valence-electron chi connectivity index (χ0n) is 10.0. The Bertz CT molecular complexity index is 476. The highest BCUT2D eigenvalue weighted by molar-refractivity contribution is 6.22. The summed E-state index contributed by atoms with van der Waals surface area (Å²) in [6.45, 7) is 1.89. The molecule has 5 heteroatoms. The van der Waals surface area contributed by atoms with E-state index in [1.807, 2.05) is 13.0 Å². The highest BCUT2D eigenvalue weighted by atomic mass is 16.2. The Hall–Kier alpha value is -2.17. The number of hydrogen-bond donors (Lipinski definition) is 2. The van der Waals surface area contributed by atoms with Crippen molar-refractivity contribution >= 4 is 17.8 Å². The van der Waals surface area contributed by atoms with E-state index in [0.717, 1.165) is 0 Å². The first-order valence-electron chi connectivity index (χ1n) is 5.83. The van der Waals surface area contributed by atoms with Gasteiger partial charge in [-0.15, -0.1) is 0 Å². The molecule has 0 bridgehead atoms. The lowest BCUT2D eigenvalue weighted by molar-refractivity contribution is -0.138. The summed E-state index contributed by atoms with van der Waals surface area (Å²) in [6.07, 6.45) is 1.02. The maximum atomic E-state index is 12.1. The van der Waals surface area contributed by atoms with E-state index in [1.165, 1.54) is 0 Å². The minimum Gasteiger partial charge on any atom is -0.277 e. The van der Waals surface area contributed by atoms with Crippen LogP contribution in [-0.4, -0.2) is 17.8 Å². The van der Waals surface area contributed by atoms with Gasteiger partial charge in [-0.3, -0.25) is 20.2 Å². The van der Waals surface area contributed by atoms with Gasteiger partial charge in [0.05, 0.1) is 0 Å². The molecule has 94 valence electrons. The van der Waals surface area contributed by atoms with Gasteiger partial charge < -0.3 is 0 Å². The average molecular weight is 246 g/mol. The fourth-order valence-electron chi connectivity index (χ4n) is 2.29. The monoisotopic (exact) mass is 246 g/mol. The second kappa shape index (κ2) is 4.60. The van der Waals surface area contributed by atoms with Gasteiger partial charge in [-0.1, -0.05) is 43.7 Å². The Morgan fingerprint density at radius 2 is 1.56 bits per heavy atom. The number of benzene rings is 1. The SMILES string of the molecule is CCCC1(c2ccccc2)C(=O)NC(=O)NC1=O. The van der Waals surface area contributed by atoms with E-state index in [1.54, 1.807) is 24.3 Å².